The molecular weight excluding hydrogens is 508 g/mol. The van der Waals surface area contributed by atoms with E-state index in [1.165, 1.54) is 16.5 Å². The Morgan fingerprint density at radius 3 is 2.68 bits per heavy atom. The lowest BCUT2D eigenvalue weighted by Crippen LogP contribution is -2.36. The van der Waals surface area contributed by atoms with Crippen LogP contribution in [-0.4, -0.2) is 47.9 Å². The van der Waals surface area contributed by atoms with Crippen molar-refractivity contribution in [1.29, 1.82) is 0 Å². The van der Waals surface area contributed by atoms with Gasteiger partial charge >= 0.3 is 0 Å². The fourth-order valence-corrected chi connectivity index (χ4v) is 7.01. The van der Waals surface area contributed by atoms with Crippen LogP contribution in [-0.2, 0) is 4.74 Å². The number of hydrogen-bond acceptors (Lipinski definition) is 8. The number of ether oxygens (including phenoxy) is 1. The van der Waals surface area contributed by atoms with E-state index in [2.05, 4.69) is 23.6 Å². The van der Waals surface area contributed by atoms with Crippen LogP contribution >= 0.6 is 22.7 Å². The molecule has 0 radical (unpaired) electrons. The third-order valence-electron chi connectivity index (χ3n) is 7.17. The van der Waals surface area contributed by atoms with Crippen LogP contribution in [0.3, 0.4) is 0 Å². The number of morpholine rings is 1. The molecule has 2 atom stereocenters. The molecule has 2 aliphatic heterocycles. The Bertz CT molecular complexity index is 1360. The molecule has 1 saturated heterocycles. The van der Waals surface area contributed by atoms with Crippen LogP contribution in [0, 0.1) is 16.0 Å². The monoisotopic (exact) mass is 534 g/mol. The van der Waals surface area contributed by atoms with Gasteiger partial charge in [0, 0.05) is 40.4 Å². The third-order valence-corrected chi connectivity index (χ3v) is 8.94. The molecule has 3 aliphatic rings. The average Bonchev–Trinajstić information content (AvgIpc) is 3.70. The predicted molar refractivity (Wildman–Crippen MR) is 146 cm³/mol. The van der Waals surface area contributed by atoms with Crippen molar-refractivity contribution >= 4 is 51.7 Å². The number of fused-ring (bicyclic) bond motifs is 1. The Kier molecular flexibility index (Phi) is 6.62. The SMILES string of the molecule is O=C(c1ccc(N2CCOCC2)c([N+](=O)[O-])c1)N1N=C2/C(=C/c3cccs3)CCC[C@H]2[C@H]1c1cccs1. The molecule has 1 aromatic carbocycles. The molecule has 10 heteroatoms. The first-order valence-electron chi connectivity index (χ1n) is 12.4. The number of nitro benzene ring substituents is 1. The zero-order chi connectivity index (χ0) is 25.4. The summed E-state index contributed by atoms with van der Waals surface area (Å²) in [4.78, 5) is 29.7. The molecule has 37 heavy (non-hydrogen) atoms. The summed E-state index contributed by atoms with van der Waals surface area (Å²) in [5, 5.41) is 22.6. The van der Waals surface area contributed by atoms with Gasteiger partial charge in [0.1, 0.15) is 5.69 Å². The summed E-state index contributed by atoms with van der Waals surface area (Å²) < 4.78 is 5.40. The number of benzene rings is 1. The summed E-state index contributed by atoms with van der Waals surface area (Å²) in [5.41, 5.74) is 2.86. The molecule has 4 heterocycles. The summed E-state index contributed by atoms with van der Waals surface area (Å²) >= 11 is 3.30. The lowest BCUT2D eigenvalue weighted by Gasteiger charge is -2.29. The highest BCUT2D eigenvalue weighted by Gasteiger charge is 2.44. The maximum Gasteiger partial charge on any atom is 0.293 e. The van der Waals surface area contributed by atoms with E-state index < -0.39 is 4.92 Å². The molecule has 6 rings (SSSR count). The second-order valence-corrected chi connectivity index (χ2v) is 11.3. The highest BCUT2D eigenvalue weighted by atomic mass is 32.1. The van der Waals surface area contributed by atoms with Crippen LogP contribution in [0.25, 0.3) is 6.08 Å². The Balaban J connectivity index is 1.38. The largest absolute Gasteiger partial charge is 0.378 e. The number of hydrogen-bond donors (Lipinski definition) is 0. The first-order valence-corrected chi connectivity index (χ1v) is 14.2. The predicted octanol–water partition coefficient (Wildman–Crippen LogP) is 5.99. The van der Waals surface area contributed by atoms with E-state index in [-0.39, 0.29) is 29.1 Å². The van der Waals surface area contributed by atoms with E-state index in [1.54, 1.807) is 39.8 Å². The number of nitrogens with zero attached hydrogens (tertiary/aromatic N) is 4. The molecular formula is C27H26N4O4S2. The zero-order valence-electron chi connectivity index (χ0n) is 20.1. The molecule has 3 aromatic rings. The van der Waals surface area contributed by atoms with Gasteiger partial charge in [-0.25, -0.2) is 5.01 Å². The number of hydrazone groups is 1. The van der Waals surface area contributed by atoms with Crippen LogP contribution in [0.2, 0.25) is 0 Å². The number of carbonyl (C=O) groups is 1. The summed E-state index contributed by atoms with van der Waals surface area (Å²) in [5.74, 6) is -0.211. The number of nitro groups is 1. The zero-order valence-corrected chi connectivity index (χ0v) is 21.7. The van der Waals surface area contributed by atoms with Gasteiger partial charge in [-0.2, -0.15) is 5.10 Å². The molecule has 8 nitrogen and oxygen atoms in total. The number of allylic oxidation sites excluding steroid dienone is 1. The normalized spacial score (nSPS) is 22.7. The standard InChI is InChI=1S/C27H26N4O4S2/c32-27(19-8-9-22(23(17-19)31(33)34)29-10-12-35-13-11-29)30-26(24-7-3-15-37-24)21-6-1-4-18(25(21)28-30)16-20-5-2-14-36-20/h2-3,5,7-9,14-17,21,26H,1,4,6,10-13H2/b18-16+/t21-,26+/m1/s1. The van der Waals surface area contributed by atoms with Crippen molar-refractivity contribution in [2.24, 2.45) is 11.0 Å². The van der Waals surface area contributed by atoms with Gasteiger partial charge in [0.2, 0.25) is 0 Å². The molecule has 2 aromatic heterocycles. The number of thiophene rings is 2. The lowest BCUT2D eigenvalue weighted by molar-refractivity contribution is -0.384. The van der Waals surface area contributed by atoms with E-state index in [4.69, 9.17) is 9.84 Å². The fraction of sp³-hybridized carbons (Fsp3) is 0.333. The minimum atomic E-state index is -0.407. The van der Waals surface area contributed by atoms with Crippen LogP contribution < -0.4 is 4.90 Å². The minimum absolute atomic E-state index is 0.0667. The Morgan fingerprint density at radius 1 is 1.14 bits per heavy atom. The van der Waals surface area contributed by atoms with Crippen LogP contribution in [0.15, 0.2) is 63.9 Å². The van der Waals surface area contributed by atoms with E-state index >= 15 is 0 Å². The first kappa shape index (κ1) is 24.0. The summed E-state index contributed by atoms with van der Waals surface area (Å²) in [6.07, 6.45) is 5.09. The quantitative estimate of drug-likeness (QED) is 0.296. The molecule has 190 valence electrons. The van der Waals surface area contributed by atoms with E-state index in [9.17, 15) is 14.9 Å². The molecule has 1 aliphatic carbocycles. The highest BCUT2D eigenvalue weighted by molar-refractivity contribution is 7.11. The molecule has 0 bridgehead atoms. The number of carbonyl (C=O) groups excluding carboxylic acids is 1. The van der Waals surface area contributed by atoms with Gasteiger partial charge in [0.15, 0.2) is 0 Å². The summed E-state index contributed by atoms with van der Waals surface area (Å²) in [6.45, 7) is 2.20. The fourth-order valence-electron chi connectivity index (χ4n) is 5.46. The molecule has 0 spiro atoms. The van der Waals surface area contributed by atoms with Crippen molar-refractivity contribution in [2.75, 3.05) is 31.2 Å². The maximum absolute atomic E-state index is 13.9. The molecule has 0 unspecified atom stereocenters. The maximum atomic E-state index is 13.9. The van der Waals surface area contributed by atoms with Crippen LogP contribution in [0.5, 0.6) is 0 Å². The Morgan fingerprint density at radius 2 is 1.95 bits per heavy atom. The van der Waals surface area contributed by atoms with Crippen LogP contribution in [0.1, 0.15) is 45.4 Å². The van der Waals surface area contributed by atoms with E-state index in [0.717, 1.165) is 29.9 Å². The second kappa shape index (κ2) is 10.2. The molecule has 1 amide bonds. The van der Waals surface area contributed by atoms with Crippen LogP contribution in [0.4, 0.5) is 11.4 Å². The van der Waals surface area contributed by atoms with Gasteiger partial charge in [-0.15, -0.1) is 22.7 Å². The smallest absolute Gasteiger partial charge is 0.293 e. The number of rotatable bonds is 5. The van der Waals surface area contributed by atoms with Crippen molar-refractivity contribution in [3.8, 4) is 0 Å². The van der Waals surface area contributed by atoms with Crippen molar-refractivity contribution in [3.63, 3.8) is 0 Å². The number of amides is 1. The van der Waals surface area contributed by atoms with Gasteiger partial charge in [-0.1, -0.05) is 12.1 Å². The van der Waals surface area contributed by atoms with Gasteiger partial charge in [0.25, 0.3) is 11.6 Å². The van der Waals surface area contributed by atoms with Crippen molar-refractivity contribution in [2.45, 2.75) is 25.3 Å². The van der Waals surface area contributed by atoms with Gasteiger partial charge in [-0.05, 0) is 65.9 Å². The molecule has 2 fully saturated rings. The first-order chi connectivity index (χ1) is 18.1. The third kappa shape index (κ3) is 4.60. The topological polar surface area (TPSA) is 88.3 Å². The van der Waals surface area contributed by atoms with Gasteiger partial charge in [-0.3, -0.25) is 14.9 Å². The molecule has 0 N–H and O–H groups in total. The highest BCUT2D eigenvalue weighted by Crippen LogP contribution is 2.46. The lowest BCUT2D eigenvalue weighted by atomic mass is 9.79. The minimum Gasteiger partial charge on any atom is -0.378 e. The average molecular weight is 535 g/mol. The van der Waals surface area contributed by atoms with E-state index in [1.807, 2.05) is 22.4 Å². The Labute approximate surface area is 222 Å². The Hall–Kier alpha value is -3.34. The summed E-state index contributed by atoms with van der Waals surface area (Å²) in [6, 6.07) is 12.7. The van der Waals surface area contributed by atoms with Crippen molar-refractivity contribution in [3.05, 3.63) is 84.2 Å². The van der Waals surface area contributed by atoms with Gasteiger partial charge < -0.3 is 9.64 Å². The summed E-state index contributed by atoms with van der Waals surface area (Å²) in [7, 11) is 0. The van der Waals surface area contributed by atoms with E-state index in [0.29, 0.717) is 32.0 Å². The van der Waals surface area contributed by atoms with Crippen molar-refractivity contribution < 1.29 is 14.5 Å². The van der Waals surface area contributed by atoms with Crippen molar-refractivity contribution in [1.82, 2.24) is 5.01 Å². The molecule has 1 saturated carbocycles. The van der Waals surface area contributed by atoms with Gasteiger partial charge in [0.05, 0.1) is 29.9 Å². The second-order valence-electron chi connectivity index (χ2n) is 9.34. The number of anilines is 1.